The van der Waals surface area contributed by atoms with E-state index in [1.165, 1.54) is 0 Å². The summed E-state index contributed by atoms with van der Waals surface area (Å²) in [5.74, 6) is -3.51. The average Bonchev–Trinajstić information content (AvgIpc) is 2.18. The van der Waals surface area contributed by atoms with Crippen molar-refractivity contribution in [2.24, 2.45) is 5.73 Å². The summed E-state index contributed by atoms with van der Waals surface area (Å²) in [6.45, 7) is -0.286. The van der Waals surface area contributed by atoms with Gasteiger partial charge in [0.25, 0.3) is 0 Å². The molecule has 80 valence electrons. The maximum Gasteiger partial charge on any atom is 0.309 e. The van der Waals surface area contributed by atoms with Crippen molar-refractivity contribution in [3.8, 4) is 0 Å². The molecule has 0 saturated heterocycles. The van der Waals surface area contributed by atoms with Gasteiger partial charge in [-0.3, -0.25) is 9.59 Å². The van der Waals surface area contributed by atoms with E-state index < -0.39 is 23.4 Å². The molecule has 1 rings (SSSR count). The molecule has 3 N–H and O–H groups in total. The zero-order chi connectivity index (χ0) is 11.4. The van der Waals surface area contributed by atoms with Crippen LogP contribution in [0.15, 0.2) is 18.2 Å². The second-order valence-electron chi connectivity index (χ2n) is 2.78. The Balaban J connectivity index is 2.69. The van der Waals surface area contributed by atoms with Gasteiger partial charge in [0.2, 0.25) is 0 Å². The largest absolute Gasteiger partial charge is 0.361 e. The molecule has 0 heterocycles. The first-order chi connectivity index (χ1) is 7.00. The number of carbonyl (C=O) groups excluding carboxylic acids is 2. The Kier molecular flexibility index (Phi) is 3.33. The van der Waals surface area contributed by atoms with Crippen molar-refractivity contribution >= 4 is 11.8 Å². The highest BCUT2D eigenvalue weighted by Gasteiger charge is 2.09. The monoisotopic (exact) mass is 214 g/mol. The van der Waals surface area contributed by atoms with E-state index in [1.807, 2.05) is 5.32 Å². The van der Waals surface area contributed by atoms with Crippen LogP contribution in [0.2, 0.25) is 0 Å². The van der Waals surface area contributed by atoms with E-state index in [-0.39, 0.29) is 12.1 Å². The van der Waals surface area contributed by atoms with E-state index in [0.29, 0.717) is 0 Å². The van der Waals surface area contributed by atoms with Gasteiger partial charge >= 0.3 is 11.8 Å². The van der Waals surface area contributed by atoms with E-state index in [9.17, 15) is 18.4 Å². The van der Waals surface area contributed by atoms with Gasteiger partial charge in [0.1, 0.15) is 11.6 Å². The van der Waals surface area contributed by atoms with E-state index >= 15 is 0 Å². The Bertz CT molecular complexity index is 407. The van der Waals surface area contributed by atoms with Gasteiger partial charge in [0.15, 0.2) is 0 Å². The number of primary amides is 1. The van der Waals surface area contributed by atoms with Gasteiger partial charge in [-0.1, -0.05) is 0 Å². The minimum atomic E-state index is -1.17. The first-order valence-electron chi connectivity index (χ1n) is 4.02. The van der Waals surface area contributed by atoms with Gasteiger partial charge in [0.05, 0.1) is 0 Å². The number of halogens is 2. The standard InChI is InChI=1S/C9H8F2N2O2/c10-6-1-2-7(11)5(3-6)4-13-9(15)8(12)14/h1-3H,4H2,(H2,12,14)(H,13,15). The Hall–Kier alpha value is -1.98. The van der Waals surface area contributed by atoms with E-state index in [1.54, 1.807) is 0 Å². The molecule has 0 radical (unpaired) electrons. The Morgan fingerprint density at radius 1 is 1.33 bits per heavy atom. The first kappa shape index (κ1) is 11.1. The first-order valence-corrected chi connectivity index (χ1v) is 4.02. The fraction of sp³-hybridized carbons (Fsp3) is 0.111. The van der Waals surface area contributed by atoms with Crippen LogP contribution in [0.25, 0.3) is 0 Å². The topological polar surface area (TPSA) is 72.2 Å². The van der Waals surface area contributed by atoms with Gasteiger partial charge in [-0.15, -0.1) is 0 Å². The summed E-state index contributed by atoms with van der Waals surface area (Å²) in [7, 11) is 0. The van der Waals surface area contributed by atoms with Crippen molar-refractivity contribution in [3.05, 3.63) is 35.4 Å². The lowest BCUT2D eigenvalue weighted by molar-refractivity contribution is -0.137. The predicted molar refractivity (Wildman–Crippen MR) is 47.4 cm³/mol. The highest BCUT2D eigenvalue weighted by atomic mass is 19.1. The highest BCUT2D eigenvalue weighted by Crippen LogP contribution is 2.08. The van der Waals surface area contributed by atoms with Crippen molar-refractivity contribution in [2.45, 2.75) is 6.54 Å². The quantitative estimate of drug-likeness (QED) is 0.683. The number of hydrogen-bond donors (Lipinski definition) is 2. The lowest BCUT2D eigenvalue weighted by Crippen LogP contribution is -2.35. The van der Waals surface area contributed by atoms with Gasteiger partial charge in [0, 0.05) is 12.1 Å². The molecular weight excluding hydrogens is 206 g/mol. The number of hydrogen-bond acceptors (Lipinski definition) is 2. The fourth-order valence-electron chi connectivity index (χ4n) is 0.941. The molecule has 0 aromatic heterocycles. The number of rotatable bonds is 2. The molecule has 0 aliphatic rings. The van der Waals surface area contributed by atoms with Crippen LogP contribution >= 0.6 is 0 Å². The predicted octanol–water partition coefficient (Wildman–Crippen LogP) is 0.0663. The Morgan fingerprint density at radius 2 is 2.00 bits per heavy atom. The lowest BCUT2D eigenvalue weighted by atomic mass is 10.2. The van der Waals surface area contributed by atoms with E-state index in [0.717, 1.165) is 18.2 Å². The Morgan fingerprint density at radius 3 is 2.60 bits per heavy atom. The molecule has 2 amide bonds. The van der Waals surface area contributed by atoms with Crippen molar-refractivity contribution < 1.29 is 18.4 Å². The Labute approximate surface area is 84.1 Å². The van der Waals surface area contributed by atoms with Crippen molar-refractivity contribution in [2.75, 3.05) is 0 Å². The van der Waals surface area contributed by atoms with Gasteiger partial charge < -0.3 is 11.1 Å². The fourth-order valence-corrected chi connectivity index (χ4v) is 0.941. The summed E-state index contributed by atoms with van der Waals surface area (Å²) in [6, 6.07) is 2.81. The molecule has 0 spiro atoms. The second-order valence-corrected chi connectivity index (χ2v) is 2.78. The summed E-state index contributed by atoms with van der Waals surface area (Å²) >= 11 is 0. The molecule has 0 bridgehead atoms. The molecular formula is C9H8F2N2O2. The van der Waals surface area contributed by atoms with Gasteiger partial charge in [-0.25, -0.2) is 8.78 Å². The normalized spacial score (nSPS) is 9.73. The van der Waals surface area contributed by atoms with Crippen LogP contribution in [0.3, 0.4) is 0 Å². The maximum absolute atomic E-state index is 13.0. The molecule has 0 aliphatic heterocycles. The second kappa shape index (κ2) is 4.50. The SMILES string of the molecule is NC(=O)C(=O)NCc1cc(F)ccc1F. The third kappa shape index (κ3) is 3.01. The lowest BCUT2D eigenvalue weighted by Gasteiger charge is -2.04. The summed E-state index contributed by atoms with van der Waals surface area (Å²) in [5.41, 5.74) is 4.60. The third-order valence-electron chi connectivity index (χ3n) is 1.67. The van der Waals surface area contributed by atoms with Crippen LogP contribution < -0.4 is 11.1 Å². The summed E-state index contributed by atoms with van der Waals surface area (Å²) < 4.78 is 25.6. The van der Waals surface area contributed by atoms with Crippen LogP contribution in [0.4, 0.5) is 8.78 Å². The molecule has 4 nitrogen and oxygen atoms in total. The average molecular weight is 214 g/mol. The van der Waals surface area contributed by atoms with Crippen LogP contribution in [0.5, 0.6) is 0 Å². The van der Waals surface area contributed by atoms with Crippen molar-refractivity contribution in [1.29, 1.82) is 0 Å². The number of benzene rings is 1. The van der Waals surface area contributed by atoms with Crippen molar-refractivity contribution in [3.63, 3.8) is 0 Å². The molecule has 15 heavy (non-hydrogen) atoms. The van der Waals surface area contributed by atoms with Crippen LogP contribution in [-0.2, 0) is 16.1 Å². The number of amides is 2. The molecule has 0 fully saturated rings. The summed E-state index contributed by atoms with van der Waals surface area (Å²) in [6.07, 6.45) is 0. The molecule has 0 saturated carbocycles. The number of carbonyl (C=O) groups is 2. The molecule has 0 aliphatic carbocycles. The third-order valence-corrected chi connectivity index (χ3v) is 1.67. The highest BCUT2D eigenvalue weighted by molar-refractivity contribution is 6.34. The summed E-state index contributed by atoms with van der Waals surface area (Å²) in [5, 5.41) is 2.05. The molecule has 1 aromatic carbocycles. The molecule has 1 aromatic rings. The van der Waals surface area contributed by atoms with Gasteiger partial charge in [-0.2, -0.15) is 0 Å². The minimum absolute atomic E-state index is 0.0513. The maximum atomic E-state index is 13.0. The summed E-state index contributed by atoms with van der Waals surface area (Å²) in [4.78, 5) is 21.0. The van der Waals surface area contributed by atoms with Crippen LogP contribution in [0, 0.1) is 11.6 Å². The number of nitrogens with one attached hydrogen (secondary N) is 1. The zero-order valence-electron chi connectivity index (χ0n) is 7.59. The van der Waals surface area contributed by atoms with Crippen LogP contribution in [-0.4, -0.2) is 11.8 Å². The smallest absolute Gasteiger partial charge is 0.309 e. The minimum Gasteiger partial charge on any atom is -0.361 e. The van der Waals surface area contributed by atoms with E-state index in [4.69, 9.17) is 0 Å². The molecule has 6 heteroatoms. The number of nitrogens with two attached hydrogens (primary N) is 1. The van der Waals surface area contributed by atoms with Crippen LogP contribution in [0.1, 0.15) is 5.56 Å². The van der Waals surface area contributed by atoms with Crippen molar-refractivity contribution in [1.82, 2.24) is 5.32 Å². The molecule has 0 atom stereocenters. The zero-order valence-corrected chi connectivity index (χ0v) is 7.59. The van der Waals surface area contributed by atoms with E-state index in [2.05, 4.69) is 5.73 Å². The van der Waals surface area contributed by atoms with Gasteiger partial charge in [-0.05, 0) is 18.2 Å². The molecule has 0 unspecified atom stereocenters.